The minimum Gasteiger partial charge on any atom is -0.493 e. The summed E-state index contributed by atoms with van der Waals surface area (Å²) >= 11 is 2.21. The van der Waals surface area contributed by atoms with Crippen molar-refractivity contribution in [2.24, 2.45) is 5.92 Å². The number of likely N-dealkylation sites (tertiary alicyclic amines) is 1. The highest BCUT2D eigenvalue weighted by atomic mass is 127. The Balaban J connectivity index is 1.79. The summed E-state index contributed by atoms with van der Waals surface area (Å²) in [4.78, 5) is 1.48. The van der Waals surface area contributed by atoms with E-state index in [1.54, 1.807) is 0 Å². The first kappa shape index (κ1) is 15.9. The first-order chi connectivity index (χ1) is 9.42. The van der Waals surface area contributed by atoms with Crippen LogP contribution in [-0.4, -0.2) is 37.3 Å². The third kappa shape index (κ3) is 5.47. The second-order valence-electron chi connectivity index (χ2n) is 5.12. The largest absolute Gasteiger partial charge is 0.493 e. The Hall–Kier alpha value is -0.500. The molecule has 0 aromatic heterocycles. The highest BCUT2D eigenvalue weighted by Crippen LogP contribution is 2.23. The molecule has 1 aromatic rings. The van der Waals surface area contributed by atoms with E-state index in [-0.39, 0.29) is 5.92 Å². The number of benzene rings is 1. The van der Waals surface area contributed by atoms with Gasteiger partial charge in [-0.05, 0) is 66.2 Å². The highest BCUT2D eigenvalue weighted by molar-refractivity contribution is 14.1. The number of nitrogens with zero attached hydrogens (tertiary/aromatic N) is 1. The third-order valence-corrected chi connectivity index (χ3v) is 4.02. The Morgan fingerprint density at radius 1 is 1.25 bits per heavy atom. The van der Waals surface area contributed by atoms with Crippen LogP contribution in [-0.2, 0) is 0 Å². The normalized spacial score (nSPS) is 20.9. The lowest BCUT2D eigenvalue weighted by Crippen LogP contribution is -2.42. The van der Waals surface area contributed by atoms with Crippen LogP contribution in [0.15, 0.2) is 24.3 Å². The molecule has 0 bridgehead atoms. The predicted molar refractivity (Wildman–Crippen MR) is 79.9 cm³/mol. The minimum atomic E-state index is -4.11. The molecule has 1 atom stereocenters. The molecule has 1 aliphatic rings. The van der Waals surface area contributed by atoms with Crippen LogP contribution < -0.4 is 4.74 Å². The fourth-order valence-corrected chi connectivity index (χ4v) is 2.79. The molecular formula is C14H17F3INO. The fraction of sp³-hybridized carbons (Fsp3) is 0.571. The second-order valence-corrected chi connectivity index (χ2v) is 6.37. The Morgan fingerprint density at radius 3 is 2.60 bits per heavy atom. The molecule has 0 aliphatic carbocycles. The summed E-state index contributed by atoms with van der Waals surface area (Å²) in [5, 5.41) is 0. The van der Waals surface area contributed by atoms with Gasteiger partial charge in [-0.25, -0.2) is 0 Å². The number of ether oxygens (including phenoxy) is 1. The summed E-state index contributed by atoms with van der Waals surface area (Å²) in [6, 6.07) is 7.68. The van der Waals surface area contributed by atoms with Crippen LogP contribution in [0.2, 0.25) is 0 Å². The molecule has 0 N–H and O–H groups in total. The van der Waals surface area contributed by atoms with E-state index < -0.39 is 12.7 Å². The van der Waals surface area contributed by atoms with Gasteiger partial charge in [0.15, 0.2) is 0 Å². The van der Waals surface area contributed by atoms with E-state index >= 15 is 0 Å². The molecule has 20 heavy (non-hydrogen) atoms. The lowest BCUT2D eigenvalue weighted by Gasteiger charge is -2.32. The fourth-order valence-electron chi connectivity index (χ4n) is 2.43. The van der Waals surface area contributed by atoms with Gasteiger partial charge in [0.25, 0.3) is 0 Å². The van der Waals surface area contributed by atoms with Gasteiger partial charge in [-0.2, -0.15) is 13.2 Å². The topological polar surface area (TPSA) is 12.5 Å². The van der Waals surface area contributed by atoms with Gasteiger partial charge in [0, 0.05) is 16.0 Å². The van der Waals surface area contributed by atoms with Crippen molar-refractivity contribution in [3.05, 3.63) is 27.8 Å². The zero-order chi connectivity index (χ0) is 14.6. The van der Waals surface area contributed by atoms with Crippen LogP contribution >= 0.6 is 22.6 Å². The van der Waals surface area contributed by atoms with Crippen molar-refractivity contribution < 1.29 is 17.9 Å². The zero-order valence-electron chi connectivity index (χ0n) is 11.0. The van der Waals surface area contributed by atoms with E-state index in [0.717, 1.165) is 22.2 Å². The second kappa shape index (κ2) is 6.98. The number of hydrogen-bond acceptors (Lipinski definition) is 2. The van der Waals surface area contributed by atoms with Crippen LogP contribution in [0.4, 0.5) is 13.2 Å². The van der Waals surface area contributed by atoms with E-state index in [1.165, 1.54) is 4.90 Å². The van der Waals surface area contributed by atoms with E-state index in [0.29, 0.717) is 19.7 Å². The molecule has 6 heteroatoms. The van der Waals surface area contributed by atoms with Crippen molar-refractivity contribution in [1.82, 2.24) is 4.90 Å². The average Bonchev–Trinajstić information content (AvgIpc) is 2.36. The first-order valence-electron chi connectivity index (χ1n) is 6.60. The molecule has 1 aromatic carbocycles. The van der Waals surface area contributed by atoms with Crippen molar-refractivity contribution in [3.63, 3.8) is 0 Å². The quantitative estimate of drug-likeness (QED) is 0.712. The molecular weight excluding hydrogens is 382 g/mol. The maximum absolute atomic E-state index is 12.4. The zero-order valence-corrected chi connectivity index (χ0v) is 13.2. The SMILES string of the molecule is FC(F)(F)CN1CCC[C@@H](COc2ccc(I)cc2)C1. The van der Waals surface area contributed by atoms with E-state index in [4.69, 9.17) is 4.74 Å². The van der Waals surface area contributed by atoms with Gasteiger partial charge in [-0.1, -0.05) is 0 Å². The number of hydrogen-bond donors (Lipinski definition) is 0. The summed E-state index contributed by atoms with van der Waals surface area (Å²) < 4.78 is 43.9. The number of halogens is 4. The molecule has 0 radical (unpaired) electrons. The molecule has 112 valence electrons. The Morgan fingerprint density at radius 2 is 1.95 bits per heavy atom. The molecule has 0 unspecified atom stereocenters. The molecule has 1 aliphatic heterocycles. The standard InChI is InChI=1S/C14H17F3INO/c15-14(16,17)10-19-7-1-2-11(8-19)9-20-13-5-3-12(18)4-6-13/h3-6,11H,1-2,7-10H2/t11-/m1/s1. The van der Waals surface area contributed by atoms with Gasteiger partial charge in [0.1, 0.15) is 5.75 Å². The van der Waals surface area contributed by atoms with Crippen LogP contribution in [0.25, 0.3) is 0 Å². The maximum Gasteiger partial charge on any atom is 0.401 e. The van der Waals surface area contributed by atoms with Gasteiger partial charge in [0.05, 0.1) is 13.2 Å². The lowest BCUT2D eigenvalue weighted by atomic mass is 9.99. The molecule has 0 spiro atoms. The minimum absolute atomic E-state index is 0.172. The summed E-state index contributed by atoms with van der Waals surface area (Å²) in [6.45, 7) is 0.658. The molecule has 1 saturated heterocycles. The highest BCUT2D eigenvalue weighted by Gasteiger charge is 2.33. The molecule has 2 rings (SSSR count). The summed E-state index contributed by atoms with van der Waals surface area (Å²) in [6.07, 6.45) is -2.38. The van der Waals surface area contributed by atoms with E-state index in [9.17, 15) is 13.2 Å². The van der Waals surface area contributed by atoms with Gasteiger partial charge in [-0.3, -0.25) is 4.90 Å². The number of rotatable bonds is 4. The van der Waals surface area contributed by atoms with Gasteiger partial charge >= 0.3 is 6.18 Å². The van der Waals surface area contributed by atoms with Crippen LogP contribution in [0.5, 0.6) is 5.75 Å². The van der Waals surface area contributed by atoms with Crippen molar-refractivity contribution in [2.75, 3.05) is 26.2 Å². The number of piperidine rings is 1. The predicted octanol–water partition coefficient (Wildman–Crippen LogP) is 3.94. The van der Waals surface area contributed by atoms with E-state index in [1.807, 2.05) is 24.3 Å². The lowest BCUT2D eigenvalue weighted by molar-refractivity contribution is -0.149. The Bertz CT molecular complexity index is 421. The van der Waals surface area contributed by atoms with Gasteiger partial charge in [0.2, 0.25) is 0 Å². The van der Waals surface area contributed by atoms with Crippen LogP contribution in [0, 0.1) is 9.49 Å². The summed E-state index contributed by atoms with van der Waals surface area (Å²) in [7, 11) is 0. The summed E-state index contributed by atoms with van der Waals surface area (Å²) in [5.41, 5.74) is 0. The number of alkyl halides is 3. The first-order valence-corrected chi connectivity index (χ1v) is 7.68. The van der Waals surface area contributed by atoms with Crippen LogP contribution in [0.3, 0.4) is 0 Å². The van der Waals surface area contributed by atoms with Gasteiger partial charge in [-0.15, -0.1) is 0 Å². The maximum atomic E-state index is 12.4. The molecule has 0 saturated carbocycles. The molecule has 1 heterocycles. The summed E-state index contributed by atoms with van der Waals surface area (Å²) in [5.74, 6) is 0.948. The van der Waals surface area contributed by atoms with Crippen molar-refractivity contribution in [2.45, 2.75) is 19.0 Å². The third-order valence-electron chi connectivity index (χ3n) is 3.31. The van der Waals surface area contributed by atoms with Crippen LogP contribution in [0.1, 0.15) is 12.8 Å². The molecule has 2 nitrogen and oxygen atoms in total. The average molecular weight is 399 g/mol. The Labute approximate surface area is 130 Å². The smallest absolute Gasteiger partial charge is 0.401 e. The van der Waals surface area contributed by atoms with Crippen molar-refractivity contribution in [1.29, 1.82) is 0 Å². The monoisotopic (exact) mass is 399 g/mol. The van der Waals surface area contributed by atoms with Gasteiger partial charge < -0.3 is 4.74 Å². The van der Waals surface area contributed by atoms with E-state index in [2.05, 4.69) is 22.6 Å². The van der Waals surface area contributed by atoms with Crippen molar-refractivity contribution >= 4 is 22.6 Å². The molecule has 0 amide bonds. The molecule has 1 fully saturated rings. The van der Waals surface area contributed by atoms with Crippen molar-refractivity contribution in [3.8, 4) is 5.75 Å². The Kier molecular flexibility index (Phi) is 5.54.